The van der Waals surface area contributed by atoms with Crippen molar-refractivity contribution in [2.24, 2.45) is 35.5 Å². The molecule has 1 aromatic rings. The average molecular weight is 765 g/mol. The van der Waals surface area contributed by atoms with Crippen LogP contribution in [0.1, 0.15) is 159 Å². The topological polar surface area (TPSA) is 93.1 Å². The van der Waals surface area contributed by atoms with Crippen LogP contribution in [0.25, 0.3) is 0 Å². The third-order valence-electron chi connectivity index (χ3n) is 13.8. The van der Waals surface area contributed by atoms with Gasteiger partial charge in [0.2, 0.25) is 0 Å². The Morgan fingerprint density at radius 3 is 1.59 bits per heavy atom. The zero-order valence-corrected chi connectivity index (χ0v) is 35.9. The van der Waals surface area contributed by atoms with Gasteiger partial charge in [0.25, 0.3) is 0 Å². The van der Waals surface area contributed by atoms with Gasteiger partial charge in [0.15, 0.2) is 0 Å². The van der Waals surface area contributed by atoms with Crippen LogP contribution in [0.15, 0.2) is 36.4 Å². The molecule has 0 heterocycles. The first kappa shape index (κ1) is 44.5. The van der Waals surface area contributed by atoms with Crippen LogP contribution in [0.4, 0.5) is 0 Å². The largest absolute Gasteiger partial charge is 0.457 e. The number of rotatable bonds is 20. The van der Waals surface area contributed by atoms with Crippen LogP contribution >= 0.6 is 0 Å². The smallest absolute Gasteiger partial charge is 0.333 e. The molecule has 3 aliphatic rings. The Kier molecular flexibility index (Phi) is 18.1. The second-order valence-corrected chi connectivity index (χ2v) is 23.3. The van der Waals surface area contributed by atoms with E-state index in [2.05, 4.69) is 45.3 Å². The van der Waals surface area contributed by atoms with E-state index in [1.54, 1.807) is 13.8 Å². The van der Waals surface area contributed by atoms with E-state index in [1.165, 1.54) is 101 Å². The highest BCUT2D eigenvalue weighted by molar-refractivity contribution is 6.90. The molecule has 7 heteroatoms. The number of aliphatic hydroxyl groups excluding tert-OH is 2. The molecule has 1 aromatic carbocycles. The van der Waals surface area contributed by atoms with Crippen molar-refractivity contribution < 1.29 is 29.3 Å². The summed E-state index contributed by atoms with van der Waals surface area (Å²) in [5.41, 5.74) is 4.03. The van der Waals surface area contributed by atoms with Gasteiger partial charge in [0, 0.05) is 30.3 Å². The highest BCUT2D eigenvalue weighted by Gasteiger charge is 2.36. The van der Waals surface area contributed by atoms with Crippen molar-refractivity contribution in [3.05, 3.63) is 53.1 Å². The van der Waals surface area contributed by atoms with Gasteiger partial charge >= 0.3 is 11.9 Å². The van der Waals surface area contributed by atoms with Crippen LogP contribution in [0, 0.1) is 35.5 Å². The predicted molar refractivity (Wildman–Crippen MR) is 224 cm³/mol. The molecule has 0 aromatic heterocycles. The lowest BCUT2D eigenvalue weighted by molar-refractivity contribution is -0.140. The van der Waals surface area contributed by atoms with Crippen molar-refractivity contribution in [3.63, 3.8) is 0 Å². The molecule has 0 atom stereocenters. The number of hydrogen-bond acceptors (Lipinski definition) is 6. The molecular weight excluding hydrogens is 689 g/mol. The third kappa shape index (κ3) is 12.9. The molecule has 0 amide bonds. The van der Waals surface area contributed by atoms with E-state index in [9.17, 15) is 19.8 Å². The fourth-order valence-electron chi connectivity index (χ4n) is 10.5. The van der Waals surface area contributed by atoms with Crippen LogP contribution in [0.2, 0.25) is 19.1 Å². The minimum atomic E-state index is -2.19. The molecule has 2 N–H and O–H groups in total. The Hall–Kier alpha value is -2.22. The van der Waals surface area contributed by atoms with Gasteiger partial charge in [-0.1, -0.05) is 96.3 Å². The molecule has 3 aliphatic carbocycles. The van der Waals surface area contributed by atoms with Crippen molar-refractivity contribution >= 4 is 25.2 Å². The van der Waals surface area contributed by atoms with Crippen molar-refractivity contribution in [1.29, 1.82) is 0 Å². The molecule has 0 unspecified atom stereocenters. The van der Waals surface area contributed by atoms with Gasteiger partial charge in [-0.2, -0.15) is 0 Å². The average Bonchev–Trinajstić information content (AvgIpc) is 3.17. The van der Waals surface area contributed by atoms with Crippen molar-refractivity contribution in [2.45, 2.75) is 175 Å². The summed E-state index contributed by atoms with van der Waals surface area (Å²) >= 11 is 0. The summed E-state index contributed by atoms with van der Waals surface area (Å²) in [5, 5.41) is 20.5. The molecule has 3 fully saturated rings. The van der Waals surface area contributed by atoms with Gasteiger partial charge in [-0.25, -0.2) is 9.59 Å². The minimum absolute atomic E-state index is 0.0268. The highest BCUT2D eigenvalue weighted by Crippen LogP contribution is 2.47. The predicted octanol–water partition coefficient (Wildman–Crippen LogP) is 10.7. The van der Waals surface area contributed by atoms with Crippen LogP contribution < -0.4 is 5.19 Å². The van der Waals surface area contributed by atoms with Gasteiger partial charge in [-0.3, -0.25) is 0 Å². The summed E-state index contributed by atoms with van der Waals surface area (Å²) in [7, 11) is -2.19. The number of hydrogen-bond donors (Lipinski definition) is 2. The van der Waals surface area contributed by atoms with Gasteiger partial charge in [-0.15, -0.1) is 0 Å². The molecule has 3 saturated carbocycles. The zero-order chi connectivity index (χ0) is 39.3. The number of ether oxygens (including phenoxy) is 2. The fraction of sp³-hybridized carbons (Fsp3) is 0.745. The second kappa shape index (κ2) is 21.9. The quantitative estimate of drug-likeness (QED) is 0.0594. The lowest BCUT2D eigenvalue weighted by Gasteiger charge is -2.41. The van der Waals surface area contributed by atoms with Crippen molar-refractivity contribution in [2.75, 3.05) is 13.2 Å². The Morgan fingerprint density at radius 1 is 0.722 bits per heavy atom. The monoisotopic (exact) mass is 765 g/mol. The van der Waals surface area contributed by atoms with Crippen molar-refractivity contribution in [1.82, 2.24) is 0 Å². The number of carbonyl (C=O) groups is 2. The summed E-state index contributed by atoms with van der Waals surface area (Å²) < 4.78 is 11.7. The van der Waals surface area contributed by atoms with Crippen molar-refractivity contribution in [3.8, 4) is 0 Å². The van der Waals surface area contributed by atoms with Crippen LogP contribution in [-0.2, 0) is 32.3 Å². The second-order valence-electron chi connectivity index (χ2n) is 18.5. The standard InChI is InChI=1S/C47H76O6Si/c1-8-9-10-12-35-14-16-37(17-15-35)38-18-20-39(21-19-38)40-22-24-41(25-23-40)42-27-43(31-52-46(50)33(2)3)45(44(28-42)32-53-47(51)34(4)5)54(6,7)26-11-13-36(29-48)30-49/h27-28,35-41,48-49H,2,4,8-26,29-32H2,1,3,5-7H3. The first-order valence-corrected chi connectivity index (χ1v) is 25.1. The molecular formula is C47H76O6Si. The number of benzene rings is 1. The lowest BCUT2D eigenvalue weighted by Crippen LogP contribution is -2.46. The molecule has 304 valence electrons. The van der Waals surface area contributed by atoms with Gasteiger partial charge in [0.1, 0.15) is 13.2 Å². The van der Waals surface area contributed by atoms with Crippen LogP contribution in [0.3, 0.4) is 0 Å². The number of carbonyl (C=O) groups excluding carboxylic acids is 2. The van der Waals surface area contributed by atoms with E-state index >= 15 is 0 Å². The number of unbranched alkanes of at least 4 members (excludes halogenated alkanes) is 2. The third-order valence-corrected chi connectivity index (χ3v) is 17.4. The van der Waals surface area contributed by atoms with Crippen LogP contribution in [0.5, 0.6) is 0 Å². The molecule has 4 rings (SSSR count). The summed E-state index contributed by atoms with van der Waals surface area (Å²) in [6.07, 6.45) is 23.7. The van der Waals surface area contributed by atoms with Gasteiger partial charge in [-0.05, 0) is 142 Å². The maximum Gasteiger partial charge on any atom is 0.333 e. The van der Waals surface area contributed by atoms with E-state index in [4.69, 9.17) is 9.47 Å². The molecule has 0 saturated heterocycles. The normalized spacial score (nSPS) is 25.0. The van der Waals surface area contributed by atoms with Gasteiger partial charge in [0.05, 0.1) is 8.07 Å². The summed E-state index contributed by atoms with van der Waals surface area (Å²) in [6.45, 7) is 18.2. The number of aliphatic hydroxyl groups is 2. The zero-order valence-electron chi connectivity index (χ0n) is 34.9. The van der Waals surface area contributed by atoms with Gasteiger partial charge < -0.3 is 19.7 Å². The summed E-state index contributed by atoms with van der Waals surface area (Å²) in [6, 6.07) is 5.51. The van der Waals surface area contributed by atoms with E-state index in [-0.39, 0.29) is 32.3 Å². The van der Waals surface area contributed by atoms with E-state index < -0.39 is 20.0 Å². The Bertz CT molecular complexity index is 1300. The first-order valence-electron chi connectivity index (χ1n) is 21.9. The lowest BCUT2D eigenvalue weighted by atomic mass is 9.64. The maximum absolute atomic E-state index is 12.7. The molecule has 0 bridgehead atoms. The summed E-state index contributed by atoms with van der Waals surface area (Å²) in [4.78, 5) is 25.3. The molecule has 54 heavy (non-hydrogen) atoms. The van der Waals surface area contributed by atoms with E-state index in [0.717, 1.165) is 72.4 Å². The Balaban J connectivity index is 1.46. The SMILES string of the molecule is C=C(C)C(=O)OCc1cc(C2CCC(C3CCC(C4CCC(CCCCC)CC4)CC3)CC2)cc(COC(=O)C(=C)C)c1[Si](C)(C)CCCC(CO)CO. The molecule has 0 aliphatic heterocycles. The molecule has 6 nitrogen and oxygen atoms in total. The van der Waals surface area contributed by atoms with Crippen LogP contribution in [-0.4, -0.2) is 43.4 Å². The van der Waals surface area contributed by atoms with E-state index in [0.29, 0.717) is 17.1 Å². The minimum Gasteiger partial charge on any atom is -0.457 e. The fourth-order valence-corrected chi connectivity index (χ4v) is 13.9. The highest BCUT2D eigenvalue weighted by atomic mass is 28.3. The molecule has 0 radical (unpaired) electrons. The first-order chi connectivity index (χ1) is 25.9. The maximum atomic E-state index is 12.7. The number of esters is 2. The Labute approximate surface area is 330 Å². The summed E-state index contributed by atoms with van der Waals surface area (Å²) in [5.74, 6) is 4.11. The van der Waals surface area contributed by atoms with E-state index in [1.807, 2.05) is 0 Å². The Morgan fingerprint density at radius 2 is 1.17 bits per heavy atom. The molecule has 0 spiro atoms.